The summed E-state index contributed by atoms with van der Waals surface area (Å²) in [4.78, 5) is 18.4. The molecule has 1 spiro atoms. The van der Waals surface area contributed by atoms with Crippen LogP contribution in [0.1, 0.15) is 31.2 Å². The number of halogens is 1. The molecule has 1 aromatic carbocycles. The number of nitrogens with one attached hydrogen (secondary N) is 2. The van der Waals surface area contributed by atoms with Crippen molar-refractivity contribution in [3.8, 4) is 0 Å². The van der Waals surface area contributed by atoms with E-state index in [0.717, 1.165) is 31.4 Å². The Morgan fingerprint density at radius 3 is 2.53 bits per heavy atom. The van der Waals surface area contributed by atoms with Gasteiger partial charge in [0.25, 0.3) is 0 Å². The molecule has 1 amide bonds. The van der Waals surface area contributed by atoms with Gasteiger partial charge in [0.2, 0.25) is 15.9 Å². The third-order valence-electron chi connectivity index (χ3n) is 6.91. The summed E-state index contributed by atoms with van der Waals surface area (Å²) < 4.78 is 28.9. The van der Waals surface area contributed by atoms with E-state index in [4.69, 9.17) is 9.88 Å². The molecular weight excluding hydrogens is 545 g/mol. The van der Waals surface area contributed by atoms with E-state index < -0.39 is 10.0 Å². The predicted molar refractivity (Wildman–Crippen MR) is 132 cm³/mol. The molecule has 4 N–H and O–H groups in total. The number of aliphatic imine (C=N–C) groups is 1. The molecule has 178 valence electrons. The van der Waals surface area contributed by atoms with Crippen LogP contribution in [0.3, 0.4) is 0 Å². The normalized spacial score (nSPS) is 25.7. The molecule has 3 fully saturated rings. The molecule has 0 radical (unpaired) electrons. The van der Waals surface area contributed by atoms with Gasteiger partial charge in [0, 0.05) is 38.1 Å². The number of carbonyl (C=O) groups is 1. The number of benzene rings is 1. The zero-order valence-electron chi connectivity index (χ0n) is 18.4. The lowest BCUT2D eigenvalue weighted by Gasteiger charge is -2.63. The third kappa shape index (κ3) is 4.90. The summed E-state index contributed by atoms with van der Waals surface area (Å²) in [6.07, 6.45) is 4.92. The molecule has 3 unspecified atom stereocenters. The highest BCUT2D eigenvalue weighted by Gasteiger charge is 2.66. The molecule has 0 bridgehead atoms. The highest BCUT2D eigenvalue weighted by Crippen LogP contribution is 2.62. The van der Waals surface area contributed by atoms with Crippen LogP contribution in [0, 0.1) is 11.3 Å². The molecule has 2 aliphatic carbocycles. The molecule has 3 atom stereocenters. The fourth-order valence-electron chi connectivity index (χ4n) is 5.03. The van der Waals surface area contributed by atoms with Crippen LogP contribution in [-0.4, -0.2) is 64.6 Å². The number of likely N-dealkylation sites (N-methyl/N-ethyl adjacent to an activating group) is 1. The fraction of sp³-hybridized carbons (Fsp3) is 0.619. The molecule has 1 saturated heterocycles. The standard InChI is InChI=1S/C21H31N5O4S.HI/c1-26(2)17(27)13-24-20(23-12-14-4-6-15(7-5-14)31(22,28)29)25-18-16-8-11-30-19(16)21(18)9-3-10-21;/h4-7,16,18-19H,3,8-13H2,1-2H3,(H2,22,28,29)(H2,23,24,25);1H. The van der Waals surface area contributed by atoms with E-state index in [-0.39, 0.29) is 46.7 Å². The van der Waals surface area contributed by atoms with Gasteiger partial charge in [-0.2, -0.15) is 0 Å². The second-order valence-corrected chi connectivity index (χ2v) is 10.5. The molecule has 9 nitrogen and oxygen atoms in total. The van der Waals surface area contributed by atoms with Crippen LogP contribution in [0.15, 0.2) is 34.2 Å². The minimum atomic E-state index is -3.72. The molecule has 2 saturated carbocycles. The maximum absolute atomic E-state index is 12.1. The minimum absolute atomic E-state index is 0. The Bertz CT molecular complexity index is 963. The summed E-state index contributed by atoms with van der Waals surface area (Å²) in [6, 6.07) is 6.64. The number of ether oxygens (including phenoxy) is 1. The van der Waals surface area contributed by atoms with Crippen LogP contribution < -0.4 is 15.8 Å². The third-order valence-corrected chi connectivity index (χ3v) is 7.84. The van der Waals surface area contributed by atoms with Gasteiger partial charge in [0.15, 0.2) is 5.96 Å². The second kappa shape index (κ2) is 9.82. The van der Waals surface area contributed by atoms with Gasteiger partial charge in [-0.25, -0.2) is 18.5 Å². The lowest BCUT2D eigenvalue weighted by molar-refractivity contribution is -0.171. The van der Waals surface area contributed by atoms with Crippen LogP contribution >= 0.6 is 24.0 Å². The molecule has 1 aliphatic heterocycles. The van der Waals surface area contributed by atoms with Gasteiger partial charge in [0.1, 0.15) is 0 Å². The van der Waals surface area contributed by atoms with Gasteiger partial charge < -0.3 is 20.3 Å². The first-order valence-electron chi connectivity index (χ1n) is 10.7. The summed E-state index contributed by atoms with van der Waals surface area (Å²) in [5, 5.41) is 11.9. The van der Waals surface area contributed by atoms with Crippen LogP contribution in [0.25, 0.3) is 0 Å². The zero-order chi connectivity index (χ0) is 22.2. The Morgan fingerprint density at radius 1 is 1.28 bits per heavy atom. The van der Waals surface area contributed by atoms with Crippen molar-refractivity contribution in [1.29, 1.82) is 0 Å². The molecule has 11 heteroatoms. The van der Waals surface area contributed by atoms with Gasteiger partial charge in [-0.05, 0) is 37.0 Å². The number of hydrogen-bond acceptors (Lipinski definition) is 5. The minimum Gasteiger partial charge on any atom is -0.377 e. The Hall–Kier alpha value is -1.44. The summed E-state index contributed by atoms with van der Waals surface area (Å²) in [6.45, 7) is 1.30. The van der Waals surface area contributed by atoms with Crippen LogP contribution in [0.4, 0.5) is 0 Å². The van der Waals surface area contributed by atoms with E-state index in [9.17, 15) is 13.2 Å². The lowest BCUT2D eigenvalue weighted by atomic mass is 9.46. The first kappa shape index (κ1) is 25.2. The molecule has 0 aromatic heterocycles. The van der Waals surface area contributed by atoms with Crippen molar-refractivity contribution in [2.75, 3.05) is 27.2 Å². The molecule has 3 aliphatic rings. The second-order valence-electron chi connectivity index (χ2n) is 8.95. The lowest BCUT2D eigenvalue weighted by Crippen LogP contribution is -2.72. The quantitative estimate of drug-likeness (QED) is 0.264. The van der Waals surface area contributed by atoms with Crippen molar-refractivity contribution < 1.29 is 17.9 Å². The first-order valence-corrected chi connectivity index (χ1v) is 12.2. The van der Waals surface area contributed by atoms with Crippen LogP contribution in [-0.2, 0) is 26.1 Å². The number of sulfonamides is 1. The van der Waals surface area contributed by atoms with Crippen molar-refractivity contribution in [2.45, 2.75) is 49.3 Å². The highest BCUT2D eigenvalue weighted by atomic mass is 127. The van der Waals surface area contributed by atoms with E-state index in [0.29, 0.717) is 30.6 Å². The van der Waals surface area contributed by atoms with Gasteiger partial charge >= 0.3 is 0 Å². The Labute approximate surface area is 206 Å². The van der Waals surface area contributed by atoms with E-state index in [1.54, 1.807) is 26.2 Å². The summed E-state index contributed by atoms with van der Waals surface area (Å²) in [5.41, 5.74) is 1.04. The predicted octanol–water partition coefficient (Wildman–Crippen LogP) is 1.03. The number of rotatable bonds is 6. The Balaban J connectivity index is 0.00000289. The summed E-state index contributed by atoms with van der Waals surface area (Å²) in [7, 11) is -0.283. The number of carbonyl (C=O) groups excluding carboxylic acids is 1. The maximum Gasteiger partial charge on any atom is 0.241 e. The summed E-state index contributed by atoms with van der Waals surface area (Å²) in [5.74, 6) is 1.03. The molecule has 32 heavy (non-hydrogen) atoms. The average molecular weight is 577 g/mol. The van der Waals surface area contributed by atoms with Crippen LogP contribution in [0.2, 0.25) is 0 Å². The van der Waals surface area contributed by atoms with Gasteiger partial charge in [-0.3, -0.25) is 4.79 Å². The molecule has 1 heterocycles. The van der Waals surface area contributed by atoms with E-state index in [1.165, 1.54) is 23.5 Å². The van der Waals surface area contributed by atoms with Crippen molar-refractivity contribution in [1.82, 2.24) is 15.5 Å². The van der Waals surface area contributed by atoms with Crippen LogP contribution in [0.5, 0.6) is 0 Å². The van der Waals surface area contributed by atoms with Crippen molar-refractivity contribution in [3.63, 3.8) is 0 Å². The number of hydrogen-bond donors (Lipinski definition) is 3. The Kier molecular flexibility index (Phi) is 7.73. The SMILES string of the molecule is CN(C)C(=O)CNC(=NCc1ccc(S(N)(=O)=O)cc1)NC1C2CCOC2C12CCC2.I. The number of nitrogens with two attached hydrogens (primary N) is 1. The van der Waals surface area contributed by atoms with Gasteiger partial charge in [-0.1, -0.05) is 18.6 Å². The molecule has 1 aromatic rings. The Morgan fingerprint density at radius 2 is 1.97 bits per heavy atom. The number of primary sulfonamides is 1. The monoisotopic (exact) mass is 577 g/mol. The smallest absolute Gasteiger partial charge is 0.241 e. The molecule has 4 rings (SSSR count). The number of guanidine groups is 1. The fourth-order valence-corrected chi connectivity index (χ4v) is 5.54. The topological polar surface area (TPSA) is 126 Å². The first-order chi connectivity index (χ1) is 14.7. The number of amides is 1. The number of fused-ring (bicyclic) bond motifs is 2. The van der Waals surface area contributed by atoms with E-state index >= 15 is 0 Å². The average Bonchev–Trinajstić information content (AvgIpc) is 3.10. The maximum atomic E-state index is 12.1. The van der Waals surface area contributed by atoms with Crippen molar-refractivity contribution in [3.05, 3.63) is 29.8 Å². The summed E-state index contributed by atoms with van der Waals surface area (Å²) >= 11 is 0. The van der Waals surface area contributed by atoms with E-state index in [2.05, 4.69) is 15.6 Å². The van der Waals surface area contributed by atoms with Crippen molar-refractivity contribution >= 4 is 45.9 Å². The van der Waals surface area contributed by atoms with E-state index in [1.807, 2.05) is 0 Å². The molecular formula is C21H32IN5O4S. The largest absolute Gasteiger partial charge is 0.377 e. The number of nitrogens with zero attached hydrogens (tertiary/aromatic N) is 2. The van der Waals surface area contributed by atoms with Gasteiger partial charge in [0.05, 0.1) is 24.1 Å². The van der Waals surface area contributed by atoms with Gasteiger partial charge in [-0.15, -0.1) is 24.0 Å². The van der Waals surface area contributed by atoms with Crippen molar-refractivity contribution in [2.24, 2.45) is 21.5 Å². The zero-order valence-corrected chi connectivity index (χ0v) is 21.6. The highest BCUT2D eigenvalue weighted by molar-refractivity contribution is 14.0.